The van der Waals surface area contributed by atoms with Gasteiger partial charge in [-0.1, -0.05) is 30.3 Å². The smallest absolute Gasteiger partial charge is 0.233 e. The van der Waals surface area contributed by atoms with Crippen LogP contribution in [-0.4, -0.2) is 35.3 Å². The molecule has 0 spiro atoms. The molecule has 0 aliphatic rings. The average Bonchev–Trinajstić information content (AvgIpc) is 2.41. The maximum atomic E-state index is 11.0. The number of benzene rings is 1. The fourth-order valence-electron chi connectivity index (χ4n) is 1.99. The van der Waals surface area contributed by atoms with Gasteiger partial charge in [0.2, 0.25) is 6.41 Å². The van der Waals surface area contributed by atoms with Gasteiger partial charge in [-0.3, -0.25) is 9.63 Å². The lowest BCUT2D eigenvalue weighted by molar-refractivity contribution is -0.217. The van der Waals surface area contributed by atoms with Gasteiger partial charge in [0.1, 0.15) is 0 Å². The van der Waals surface area contributed by atoms with E-state index in [-0.39, 0.29) is 12.5 Å². The number of carbonyl (C=O) groups is 1. The van der Waals surface area contributed by atoms with Crippen molar-refractivity contribution in [2.75, 3.05) is 13.2 Å². The Balaban J connectivity index is 2.46. The molecule has 4 heteroatoms. The molecule has 0 heterocycles. The minimum absolute atomic E-state index is 0.108. The summed E-state index contributed by atoms with van der Waals surface area (Å²) < 4.78 is 0. The minimum Gasteiger partial charge on any atom is -0.396 e. The Kier molecular flexibility index (Phi) is 6.68. The molecule has 112 valence electrons. The van der Waals surface area contributed by atoms with E-state index in [1.165, 1.54) is 10.6 Å². The molecule has 1 aromatic rings. The lowest BCUT2D eigenvalue weighted by Gasteiger charge is -2.27. The highest BCUT2D eigenvalue weighted by molar-refractivity contribution is 5.44. The maximum Gasteiger partial charge on any atom is 0.233 e. The topological polar surface area (TPSA) is 49.8 Å². The normalized spacial score (nSPS) is 13.0. The molecule has 0 aromatic heterocycles. The van der Waals surface area contributed by atoms with Crippen molar-refractivity contribution < 1.29 is 14.7 Å². The van der Waals surface area contributed by atoms with E-state index in [2.05, 4.69) is 0 Å². The molecule has 0 fully saturated rings. The van der Waals surface area contributed by atoms with E-state index < -0.39 is 5.60 Å². The van der Waals surface area contributed by atoms with Gasteiger partial charge in [0.25, 0.3) is 0 Å². The van der Waals surface area contributed by atoms with Crippen molar-refractivity contribution in [2.45, 2.75) is 39.2 Å². The van der Waals surface area contributed by atoms with Crippen molar-refractivity contribution >= 4 is 6.41 Å². The number of hydrogen-bond donors (Lipinski definition) is 1. The third-order valence-electron chi connectivity index (χ3n) is 2.89. The second kappa shape index (κ2) is 8.02. The van der Waals surface area contributed by atoms with E-state index in [9.17, 15) is 9.90 Å². The van der Waals surface area contributed by atoms with Crippen LogP contribution >= 0.6 is 0 Å². The molecule has 0 saturated carbocycles. The summed E-state index contributed by atoms with van der Waals surface area (Å²) in [6, 6.07) is 10.1. The Morgan fingerprint density at radius 1 is 1.30 bits per heavy atom. The molecule has 0 aliphatic heterocycles. The zero-order valence-corrected chi connectivity index (χ0v) is 12.6. The van der Waals surface area contributed by atoms with E-state index in [1.807, 2.05) is 51.1 Å². The largest absolute Gasteiger partial charge is 0.396 e. The summed E-state index contributed by atoms with van der Waals surface area (Å²) in [7, 11) is 0. The van der Waals surface area contributed by atoms with Gasteiger partial charge < -0.3 is 5.11 Å². The quantitative estimate of drug-likeness (QED) is 0.587. The summed E-state index contributed by atoms with van der Waals surface area (Å²) in [4.78, 5) is 16.5. The van der Waals surface area contributed by atoms with E-state index in [1.54, 1.807) is 0 Å². The van der Waals surface area contributed by atoms with E-state index in [0.29, 0.717) is 19.4 Å². The van der Waals surface area contributed by atoms with Crippen LogP contribution in [0, 0.1) is 5.92 Å². The van der Waals surface area contributed by atoms with Gasteiger partial charge in [-0.05, 0) is 45.1 Å². The molecule has 1 aromatic carbocycles. The van der Waals surface area contributed by atoms with Gasteiger partial charge >= 0.3 is 0 Å². The molecule has 1 unspecified atom stereocenters. The lowest BCUT2D eigenvalue weighted by atomic mass is 9.97. The summed E-state index contributed by atoms with van der Waals surface area (Å²) in [6.45, 7) is 6.29. The second-order valence-corrected chi connectivity index (χ2v) is 5.98. The molecule has 0 radical (unpaired) electrons. The van der Waals surface area contributed by atoms with Gasteiger partial charge in [0.05, 0.1) is 5.60 Å². The maximum absolute atomic E-state index is 11.0. The summed E-state index contributed by atoms with van der Waals surface area (Å²) in [6.07, 6.45) is 2.21. The SMILES string of the molecule is CC(C)(C)ON(C=O)CCC(CO)Cc1ccccc1. The molecule has 0 bridgehead atoms. The average molecular weight is 279 g/mol. The van der Waals surface area contributed by atoms with Crippen LogP contribution in [0.5, 0.6) is 0 Å². The zero-order chi connectivity index (χ0) is 15.0. The third-order valence-corrected chi connectivity index (χ3v) is 2.89. The van der Waals surface area contributed by atoms with Gasteiger partial charge in [-0.25, -0.2) is 5.06 Å². The number of hydroxylamine groups is 2. The first-order valence-electron chi connectivity index (χ1n) is 7.00. The standard InChI is InChI=1S/C16H25NO3/c1-16(2,3)20-17(13-19)10-9-15(12-18)11-14-7-5-4-6-8-14/h4-8,13,15,18H,9-12H2,1-3H3. The van der Waals surface area contributed by atoms with Crippen molar-refractivity contribution in [1.82, 2.24) is 5.06 Å². The van der Waals surface area contributed by atoms with Crippen LogP contribution in [0.15, 0.2) is 30.3 Å². The first kappa shape index (κ1) is 16.7. The number of rotatable bonds is 8. The number of nitrogens with zero attached hydrogens (tertiary/aromatic N) is 1. The van der Waals surface area contributed by atoms with Crippen LogP contribution in [-0.2, 0) is 16.1 Å². The van der Waals surface area contributed by atoms with Crippen molar-refractivity contribution in [3.8, 4) is 0 Å². The molecule has 1 rings (SSSR count). The molecule has 1 N–H and O–H groups in total. The van der Waals surface area contributed by atoms with Crippen molar-refractivity contribution in [3.05, 3.63) is 35.9 Å². The van der Waals surface area contributed by atoms with Crippen LogP contribution < -0.4 is 0 Å². The number of hydrogen-bond acceptors (Lipinski definition) is 3. The second-order valence-electron chi connectivity index (χ2n) is 5.98. The minimum atomic E-state index is -0.394. The van der Waals surface area contributed by atoms with Crippen LogP contribution in [0.2, 0.25) is 0 Å². The summed E-state index contributed by atoms with van der Waals surface area (Å²) in [5.41, 5.74) is 0.802. The van der Waals surface area contributed by atoms with E-state index in [0.717, 1.165) is 6.42 Å². The van der Waals surface area contributed by atoms with Gasteiger partial charge in [0.15, 0.2) is 0 Å². The Labute approximate surface area is 121 Å². The molecule has 0 aliphatic carbocycles. The molecular formula is C16H25NO3. The summed E-state index contributed by atoms with van der Waals surface area (Å²) >= 11 is 0. The Hall–Kier alpha value is -1.39. The first-order chi connectivity index (χ1) is 9.44. The van der Waals surface area contributed by atoms with Crippen molar-refractivity contribution in [1.29, 1.82) is 0 Å². The summed E-state index contributed by atoms with van der Waals surface area (Å²) in [5.74, 6) is 0.128. The van der Waals surface area contributed by atoms with E-state index in [4.69, 9.17) is 4.84 Å². The first-order valence-corrected chi connectivity index (χ1v) is 7.00. The van der Waals surface area contributed by atoms with Crippen molar-refractivity contribution in [2.24, 2.45) is 5.92 Å². The Morgan fingerprint density at radius 2 is 1.95 bits per heavy atom. The highest BCUT2D eigenvalue weighted by Crippen LogP contribution is 2.14. The molecule has 0 saturated heterocycles. The van der Waals surface area contributed by atoms with Gasteiger partial charge in [0, 0.05) is 13.2 Å². The van der Waals surface area contributed by atoms with Crippen LogP contribution in [0.3, 0.4) is 0 Å². The van der Waals surface area contributed by atoms with Gasteiger partial charge in [-0.2, -0.15) is 0 Å². The van der Waals surface area contributed by atoms with Crippen molar-refractivity contribution in [3.63, 3.8) is 0 Å². The van der Waals surface area contributed by atoms with Crippen LogP contribution in [0.1, 0.15) is 32.8 Å². The fourth-order valence-corrected chi connectivity index (χ4v) is 1.99. The molecule has 1 amide bonds. The summed E-state index contributed by atoms with van der Waals surface area (Å²) in [5, 5.41) is 10.8. The predicted octanol–water partition coefficient (Wildman–Crippen LogP) is 2.42. The lowest BCUT2D eigenvalue weighted by Crippen LogP contribution is -2.34. The highest BCUT2D eigenvalue weighted by atomic mass is 16.7. The Bertz CT molecular complexity index is 386. The van der Waals surface area contributed by atoms with Crippen LogP contribution in [0.4, 0.5) is 0 Å². The van der Waals surface area contributed by atoms with Gasteiger partial charge in [-0.15, -0.1) is 0 Å². The number of carbonyl (C=O) groups excluding carboxylic acids is 1. The van der Waals surface area contributed by atoms with E-state index >= 15 is 0 Å². The monoisotopic (exact) mass is 279 g/mol. The number of aliphatic hydroxyl groups excluding tert-OH is 1. The molecule has 4 nitrogen and oxygen atoms in total. The molecule has 1 atom stereocenters. The zero-order valence-electron chi connectivity index (χ0n) is 12.6. The number of aliphatic hydroxyl groups is 1. The molecule has 20 heavy (non-hydrogen) atoms. The molecular weight excluding hydrogens is 254 g/mol. The Morgan fingerprint density at radius 3 is 2.45 bits per heavy atom. The highest BCUT2D eigenvalue weighted by Gasteiger charge is 2.17. The third kappa shape index (κ3) is 6.68. The van der Waals surface area contributed by atoms with Crippen LogP contribution in [0.25, 0.3) is 0 Å². The fraction of sp³-hybridized carbons (Fsp3) is 0.562. The predicted molar refractivity (Wildman–Crippen MR) is 78.9 cm³/mol. The number of amides is 1.